The number of nitrogens with zero attached hydrogens (tertiary/aromatic N) is 2. The third kappa shape index (κ3) is 4.20. The van der Waals surface area contributed by atoms with Crippen LogP contribution in [0, 0.1) is 0 Å². The SMILES string of the molecule is O=C(N/N=C\c1ccc(N2CCCCC2)s1)c1ccccc1Br. The molecule has 0 saturated carbocycles. The molecule has 2 aromatic rings. The lowest BCUT2D eigenvalue weighted by Gasteiger charge is -2.27. The van der Waals surface area contributed by atoms with E-state index in [2.05, 4.69) is 37.4 Å². The number of hydrazone groups is 1. The van der Waals surface area contributed by atoms with Crippen LogP contribution < -0.4 is 10.3 Å². The Hall–Kier alpha value is -1.66. The molecule has 1 saturated heterocycles. The standard InChI is InChI=1S/C17H18BrN3OS/c18-15-7-3-2-6-14(15)17(22)20-19-12-13-8-9-16(23-13)21-10-4-1-5-11-21/h2-3,6-9,12H,1,4-5,10-11H2,(H,20,22)/b19-12-. The highest BCUT2D eigenvalue weighted by Crippen LogP contribution is 2.27. The molecule has 0 radical (unpaired) electrons. The molecule has 23 heavy (non-hydrogen) atoms. The predicted molar refractivity (Wildman–Crippen MR) is 99.6 cm³/mol. The maximum atomic E-state index is 12.0. The van der Waals surface area contributed by atoms with Gasteiger partial charge in [-0.1, -0.05) is 12.1 Å². The highest BCUT2D eigenvalue weighted by Gasteiger charge is 2.12. The third-order valence-corrected chi connectivity index (χ3v) is 5.53. The fourth-order valence-electron chi connectivity index (χ4n) is 2.56. The molecule has 1 aromatic heterocycles. The van der Waals surface area contributed by atoms with Crippen LogP contribution in [-0.2, 0) is 0 Å². The zero-order valence-electron chi connectivity index (χ0n) is 12.7. The van der Waals surface area contributed by atoms with Gasteiger partial charge in [-0.2, -0.15) is 5.10 Å². The Morgan fingerprint density at radius 3 is 2.74 bits per heavy atom. The zero-order valence-corrected chi connectivity index (χ0v) is 15.1. The van der Waals surface area contributed by atoms with Gasteiger partial charge in [-0.15, -0.1) is 11.3 Å². The first-order valence-corrected chi connectivity index (χ1v) is 9.28. The van der Waals surface area contributed by atoms with Crippen LogP contribution in [0.25, 0.3) is 0 Å². The van der Waals surface area contributed by atoms with Crippen LogP contribution in [0.15, 0.2) is 46.0 Å². The summed E-state index contributed by atoms with van der Waals surface area (Å²) in [6.07, 6.45) is 5.57. The van der Waals surface area contributed by atoms with Gasteiger partial charge >= 0.3 is 0 Å². The second kappa shape index (κ2) is 7.75. The summed E-state index contributed by atoms with van der Waals surface area (Å²) in [4.78, 5) is 15.5. The van der Waals surface area contributed by atoms with E-state index in [1.165, 1.54) is 24.3 Å². The van der Waals surface area contributed by atoms with Crippen molar-refractivity contribution in [3.63, 3.8) is 0 Å². The molecular formula is C17H18BrN3OS. The quantitative estimate of drug-likeness (QED) is 0.624. The second-order valence-electron chi connectivity index (χ2n) is 5.40. The Morgan fingerprint density at radius 1 is 1.17 bits per heavy atom. The highest BCUT2D eigenvalue weighted by molar-refractivity contribution is 9.10. The maximum absolute atomic E-state index is 12.0. The van der Waals surface area contributed by atoms with E-state index < -0.39 is 0 Å². The van der Waals surface area contributed by atoms with Gasteiger partial charge in [0.15, 0.2) is 0 Å². The average molecular weight is 392 g/mol. The molecule has 1 N–H and O–H groups in total. The fourth-order valence-corrected chi connectivity index (χ4v) is 3.95. The summed E-state index contributed by atoms with van der Waals surface area (Å²) in [5.41, 5.74) is 3.14. The highest BCUT2D eigenvalue weighted by atomic mass is 79.9. The van der Waals surface area contributed by atoms with Crippen molar-refractivity contribution in [1.29, 1.82) is 0 Å². The number of hydrogen-bond donors (Lipinski definition) is 1. The maximum Gasteiger partial charge on any atom is 0.272 e. The van der Waals surface area contributed by atoms with E-state index in [4.69, 9.17) is 0 Å². The summed E-state index contributed by atoms with van der Waals surface area (Å²) in [6, 6.07) is 11.5. The number of nitrogens with one attached hydrogen (secondary N) is 1. The number of benzene rings is 1. The number of carbonyl (C=O) groups excluding carboxylic acids is 1. The Balaban J connectivity index is 1.59. The van der Waals surface area contributed by atoms with E-state index in [-0.39, 0.29) is 5.91 Å². The van der Waals surface area contributed by atoms with Gasteiger partial charge in [-0.05, 0) is 59.5 Å². The van der Waals surface area contributed by atoms with E-state index in [1.54, 1.807) is 23.6 Å². The number of thiophene rings is 1. The Bertz CT molecular complexity index is 707. The molecule has 1 amide bonds. The predicted octanol–water partition coefficient (Wildman–Crippen LogP) is 4.26. The van der Waals surface area contributed by atoms with Crippen molar-refractivity contribution in [2.45, 2.75) is 19.3 Å². The molecule has 0 aliphatic carbocycles. The van der Waals surface area contributed by atoms with Gasteiger partial charge in [-0.25, -0.2) is 5.43 Å². The number of piperidine rings is 1. The first-order valence-electron chi connectivity index (χ1n) is 7.67. The fraction of sp³-hybridized carbons (Fsp3) is 0.294. The van der Waals surface area contributed by atoms with Gasteiger partial charge in [0.2, 0.25) is 0 Å². The minimum atomic E-state index is -0.221. The number of hydrogen-bond acceptors (Lipinski definition) is 4. The molecule has 2 heterocycles. The van der Waals surface area contributed by atoms with Crippen LogP contribution in [0.5, 0.6) is 0 Å². The summed E-state index contributed by atoms with van der Waals surface area (Å²) in [5, 5.41) is 5.34. The molecule has 6 heteroatoms. The van der Waals surface area contributed by atoms with Gasteiger partial charge in [0.1, 0.15) is 0 Å². The number of carbonyl (C=O) groups is 1. The molecular weight excluding hydrogens is 374 g/mol. The number of rotatable bonds is 4. The van der Waals surface area contributed by atoms with Crippen LogP contribution in [0.3, 0.4) is 0 Å². The second-order valence-corrected chi connectivity index (χ2v) is 7.35. The summed E-state index contributed by atoms with van der Waals surface area (Å²) >= 11 is 5.07. The topological polar surface area (TPSA) is 44.7 Å². The van der Waals surface area contributed by atoms with E-state index >= 15 is 0 Å². The van der Waals surface area contributed by atoms with Crippen LogP contribution in [-0.4, -0.2) is 25.2 Å². The first kappa shape index (κ1) is 16.2. The van der Waals surface area contributed by atoms with Crippen molar-refractivity contribution < 1.29 is 4.79 Å². The van der Waals surface area contributed by atoms with Crippen LogP contribution in [0.2, 0.25) is 0 Å². The summed E-state index contributed by atoms with van der Waals surface area (Å²) < 4.78 is 0.760. The minimum Gasteiger partial charge on any atom is -0.363 e. The molecule has 1 fully saturated rings. The smallest absolute Gasteiger partial charge is 0.272 e. The van der Waals surface area contributed by atoms with Crippen LogP contribution in [0.1, 0.15) is 34.5 Å². The van der Waals surface area contributed by atoms with Crippen molar-refractivity contribution in [1.82, 2.24) is 5.43 Å². The van der Waals surface area contributed by atoms with Crippen molar-refractivity contribution in [3.8, 4) is 0 Å². The van der Waals surface area contributed by atoms with Crippen LogP contribution >= 0.6 is 27.3 Å². The van der Waals surface area contributed by atoms with Crippen molar-refractivity contribution in [2.75, 3.05) is 18.0 Å². The molecule has 1 aliphatic heterocycles. The molecule has 0 unspecified atom stereocenters. The summed E-state index contributed by atoms with van der Waals surface area (Å²) in [5.74, 6) is -0.221. The molecule has 0 bridgehead atoms. The lowest BCUT2D eigenvalue weighted by molar-refractivity contribution is 0.0954. The van der Waals surface area contributed by atoms with E-state index in [1.807, 2.05) is 24.3 Å². The summed E-state index contributed by atoms with van der Waals surface area (Å²) in [6.45, 7) is 2.27. The average Bonchev–Trinajstić information content (AvgIpc) is 3.05. The first-order chi connectivity index (χ1) is 11.2. The largest absolute Gasteiger partial charge is 0.363 e. The van der Waals surface area contributed by atoms with Crippen molar-refractivity contribution in [3.05, 3.63) is 51.3 Å². The summed E-state index contributed by atoms with van der Waals surface area (Å²) in [7, 11) is 0. The molecule has 4 nitrogen and oxygen atoms in total. The zero-order chi connectivity index (χ0) is 16.1. The lowest BCUT2D eigenvalue weighted by Crippen LogP contribution is -2.28. The molecule has 1 aromatic carbocycles. The Labute approximate surface area is 148 Å². The van der Waals surface area contributed by atoms with Gasteiger partial charge in [0.25, 0.3) is 5.91 Å². The van der Waals surface area contributed by atoms with Gasteiger partial charge in [-0.3, -0.25) is 4.79 Å². The Morgan fingerprint density at radius 2 is 1.96 bits per heavy atom. The van der Waals surface area contributed by atoms with Crippen molar-refractivity contribution >= 4 is 44.4 Å². The monoisotopic (exact) mass is 391 g/mol. The van der Waals surface area contributed by atoms with Gasteiger partial charge in [0, 0.05) is 22.4 Å². The van der Waals surface area contributed by atoms with Crippen LogP contribution in [0.4, 0.5) is 5.00 Å². The molecule has 0 atom stereocenters. The van der Waals surface area contributed by atoms with E-state index in [0.717, 1.165) is 22.4 Å². The molecule has 3 rings (SSSR count). The normalized spacial score (nSPS) is 15.1. The molecule has 1 aliphatic rings. The van der Waals surface area contributed by atoms with Crippen molar-refractivity contribution in [2.24, 2.45) is 5.10 Å². The number of amides is 1. The third-order valence-electron chi connectivity index (χ3n) is 3.76. The molecule has 120 valence electrons. The van der Waals surface area contributed by atoms with E-state index in [9.17, 15) is 4.79 Å². The van der Waals surface area contributed by atoms with Gasteiger partial charge < -0.3 is 4.90 Å². The number of halogens is 1. The van der Waals surface area contributed by atoms with E-state index in [0.29, 0.717) is 5.56 Å². The molecule has 0 spiro atoms. The Kier molecular flexibility index (Phi) is 5.46. The van der Waals surface area contributed by atoms with Gasteiger partial charge in [0.05, 0.1) is 16.8 Å². The number of anilines is 1. The minimum absolute atomic E-state index is 0.221. The lowest BCUT2D eigenvalue weighted by atomic mass is 10.1.